The zero-order valence-electron chi connectivity index (χ0n) is 22.7. The van der Waals surface area contributed by atoms with E-state index in [0.717, 1.165) is 4.90 Å². The third-order valence-corrected chi connectivity index (χ3v) is 11.6. The van der Waals surface area contributed by atoms with E-state index in [2.05, 4.69) is 31.9 Å². The van der Waals surface area contributed by atoms with Crippen molar-refractivity contribution in [1.82, 2.24) is 4.90 Å². The summed E-state index contributed by atoms with van der Waals surface area (Å²) in [7, 11) is 0. The van der Waals surface area contributed by atoms with E-state index in [1.54, 1.807) is 0 Å². The van der Waals surface area contributed by atoms with Crippen LogP contribution in [-0.4, -0.2) is 48.8 Å². The minimum Gasteiger partial charge on any atom is -0.508 e. The monoisotopic (exact) mass is 816 g/mol. The average Bonchev–Trinajstić information content (AvgIpc) is 3.31. The van der Waals surface area contributed by atoms with Crippen LogP contribution >= 0.6 is 55.1 Å². The summed E-state index contributed by atoms with van der Waals surface area (Å²) in [4.78, 5) is 51.8. The standard InChI is InChI=1S/C29H18Br2Cl2F6N2O5/c30-10-40-24(45)26(32)9-18-15(21(27(26,33)25(40)46)17-8-13(31)1-4-19(17)42)2-3-16-20(18)23(44)41(22(16)43)14-6-11(28(34,35)36)5-12(7-14)29(37,38)39/h1-2,4-8,16,18,20-21,42H,3,9-10H2. The molecule has 0 bridgehead atoms. The van der Waals surface area contributed by atoms with Crippen molar-refractivity contribution >= 4 is 84.4 Å². The number of amides is 4. The van der Waals surface area contributed by atoms with E-state index in [9.17, 15) is 50.6 Å². The molecule has 0 radical (unpaired) electrons. The molecule has 6 rings (SSSR count). The van der Waals surface area contributed by atoms with Crippen LogP contribution in [0.1, 0.15) is 35.4 Å². The largest absolute Gasteiger partial charge is 0.508 e. The summed E-state index contributed by atoms with van der Waals surface area (Å²) in [6.07, 6.45) is -9.66. The van der Waals surface area contributed by atoms with Crippen molar-refractivity contribution in [2.45, 2.75) is 40.9 Å². The first-order chi connectivity index (χ1) is 21.3. The Balaban J connectivity index is 1.52. The summed E-state index contributed by atoms with van der Waals surface area (Å²) < 4.78 is 82.3. The summed E-state index contributed by atoms with van der Waals surface area (Å²) in [6.45, 7) is 0. The van der Waals surface area contributed by atoms with Gasteiger partial charge in [-0.2, -0.15) is 26.3 Å². The number of aromatic hydroxyl groups is 1. The Morgan fingerprint density at radius 1 is 0.891 bits per heavy atom. The second-order valence-corrected chi connectivity index (χ2v) is 14.1. The first-order valence-corrected chi connectivity index (χ1v) is 16.1. The number of phenolic OH excluding ortho intramolecular Hbond substituents is 1. The molecule has 4 aliphatic rings. The molecule has 7 nitrogen and oxygen atoms in total. The molecule has 46 heavy (non-hydrogen) atoms. The molecule has 1 saturated carbocycles. The van der Waals surface area contributed by atoms with Gasteiger partial charge in [0.2, 0.25) is 11.8 Å². The summed E-state index contributed by atoms with van der Waals surface area (Å²) in [5.74, 6) is -9.42. The second kappa shape index (κ2) is 10.7. The number of nitrogens with zero attached hydrogens (tertiary/aromatic N) is 2. The lowest BCUT2D eigenvalue weighted by Crippen LogP contribution is -2.60. The normalized spacial score (nSPS) is 31.2. The molecule has 244 valence electrons. The van der Waals surface area contributed by atoms with E-state index in [0.29, 0.717) is 21.5 Å². The molecular formula is C29H18Br2Cl2F6N2O5. The van der Waals surface area contributed by atoms with Gasteiger partial charge in [0.05, 0.1) is 34.1 Å². The number of benzene rings is 2. The number of carbonyl (C=O) groups is 4. The Bertz CT molecular complexity index is 1740. The number of fused-ring (bicyclic) bond motifs is 4. The van der Waals surface area contributed by atoms with Crippen molar-refractivity contribution in [2.75, 3.05) is 10.4 Å². The summed E-state index contributed by atoms with van der Waals surface area (Å²) in [5, 5.41) is 10.9. The number of anilines is 1. The molecule has 6 atom stereocenters. The molecule has 6 unspecified atom stereocenters. The number of halogens is 10. The number of hydrogen-bond acceptors (Lipinski definition) is 5. The van der Waals surface area contributed by atoms with E-state index in [-0.39, 0.29) is 34.8 Å². The van der Waals surface area contributed by atoms with E-state index in [4.69, 9.17) is 23.2 Å². The highest BCUT2D eigenvalue weighted by Crippen LogP contribution is 2.66. The number of rotatable bonds is 3. The first kappa shape index (κ1) is 33.3. The van der Waals surface area contributed by atoms with Crippen molar-refractivity contribution in [3.63, 3.8) is 0 Å². The third-order valence-electron chi connectivity index (χ3n) is 9.15. The van der Waals surface area contributed by atoms with Gasteiger partial charge in [0.15, 0.2) is 9.75 Å². The Kier molecular flexibility index (Phi) is 7.74. The fourth-order valence-corrected chi connectivity index (χ4v) is 8.97. The zero-order valence-corrected chi connectivity index (χ0v) is 27.4. The number of likely N-dealkylation sites (tertiary alicyclic amines) is 1. The highest BCUT2D eigenvalue weighted by Gasteiger charge is 2.76. The van der Waals surface area contributed by atoms with Crippen LogP contribution in [0.15, 0.2) is 52.5 Å². The average molecular weight is 819 g/mol. The number of hydrogen-bond donors (Lipinski definition) is 1. The van der Waals surface area contributed by atoms with Crippen molar-refractivity contribution < 1.29 is 50.6 Å². The van der Waals surface area contributed by atoms with Gasteiger partial charge in [0, 0.05) is 16.0 Å². The number of carbonyl (C=O) groups excluding carboxylic acids is 4. The van der Waals surface area contributed by atoms with Crippen molar-refractivity contribution in [3.8, 4) is 5.75 Å². The minimum atomic E-state index is -5.24. The van der Waals surface area contributed by atoms with Crippen LogP contribution < -0.4 is 4.90 Å². The van der Waals surface area contributed by atoms with Crippen LogP contribution in [0.5, 0.6) is 5.75 Å². The van der Waals surface area contributed by atoms with Gasteiger partial charge in [-0.3, -0.25) is 24.1 Å². The molecule has 0 spiro atoms. The van der Waals surface area contributed by atoms with E-state index < -0.39 is 92.6 Å². The molecule has 2 aliphatic carbocycles. The number of imide groups is 2. The zero-order chi connectivity index (χ0) is 33.9. The molecule has 3 fully saturated rings. The maximum absolute atomic E-state index is 14.0. The highest BCUT2D eigenvalue weighted by molar-refractivity contribution is 9.10. The molecule has 1 N–H and O–H groups in total. The van der Waals surface area contributed by atoms with E-state index in [1.807, 2.05) is 0 Å². The lowest BCUT2D eigenvalue weighted by Gasteiger charge is -2.50. The molecule has 2 heterocycles. The number of alkyl halides is 9. The molecule has 0 aromatic heterocycles. The van der Waals surface area contributed by atoms with Gasteiger partial charge in [0.1, 0.15) is 5.75 Å². The number of allylic oxidation sites excluding steroid dienone is 2. The van der Waals surface area contributed by atoms with E-state index in [1.165, 1.54) is 24.3 Å². The van der Waals surface area contributed by atoms with Crippen LogP contribution in [0.2, 0.25) is 0 Å². The predicted molar refractivity (Wildman–Crippen MR) is 158 cm³/mol. The molecule has 2 aromatic rings. The molecule has 2 saturated heterocycles. The molecule has 2 aliphatic heterocycles. The van der Waals surface area contributed by atoms with Crippen molar-refractivity contribution in [2.24, 2.45) is 17.8 Å². The van der Waals surface area contributed by atoms with Gasteiger partial charge >= 0.3 is 12.4 Å². The van der Waals surface area contributed by atoms with Gasteiger partial charge in [-0.1, -0.05) is 43.5 Å². The van der Waals surface area contributed by atoms with E-state index >= 15 is 0 Å². The molecular weight excluding hydrogens is 801 g/mol. The quantitative estimate of drug-likeness (QED) is 0.117. The molecule has 17 heteroatoms. The Labute approximate surface area is 282 Å². The Hall–Kier alpha value is -2.62. The molecule has 4 amide bonds. The third kappa shape index (κ3) is 4.58. The fourth-order valence-electron chi connectivity index (χ4n) is 7.18. The first-order valence-electron chi connectivity index (χ1n) is 13.4. The summed E-state index contributed by atoms with van der Waals surface area (Å²) in [6, 6.07) is 4.70. The van der Waals surface area contributed by atoms with Crippen molar-refractivity contribution in [3.05, 3.63) is 69.2 Å². The summed E-state index contributed by atoms with van der Waals surface area (Å²) >= 11 is 20.5. The lowest BCUT2D eigenvalue weighted by atomic mass is 9.56. The van der Waals surface area contributed by atoms with Crippen LogP contribution in [0.3, 0.4) is 0 Å². The highest BCUT2D eigenvalue weighted by atomic mass is 79.9. The van der Waals surface area contributed by atoms with Gasteiger partial charge < -0.3 is 5.11 Å². The van der Waals surface area contributed by atoms with Gasteiger partial charge in [-0.25, -0.2) is 4.90 Å². The predicted octanol–water partition coefficient (Wildman–Crippen LogP) is 7.11. The van der Waals surface area contributed by atoms with Gasteiger partial charge in [0.25, 0.3) is 11.8 Å². The Morgan fingerprint density at radius 3 is 2.07 bits per heavy atom. The maximum atomic E-state index is 14.0. The second-order valence-electron chi connectivity index (χ2n) is 11.5. The Morgan fingerprint density at radius 2 is 1.50 bits per heavy atom. The van der Waals surface area contributed by atoms with Gasteiger partial charge in [-0.15, -0.1) is 23.2 Å². The van der Waals surface area contributed by atoms with Crippen LogP contribution in [0.4, 0.5) is 32.0 Å². The van der Waals surface area contributed by atoms with Crippen LogP contribution in [-0.2, 0) is 31.5 Å². The molecule has 2 aromatic carbocycles. The maximum Gasteiger partial charge on any atom is 0.416 e. The smallest absolute Gasteiger partial charge is 0.416 e. The SMILES string of the molecule is O=C1C2CC=C3C(CC4(Cl)C(=O)N(CBr)C(=O)C4(Cl)C3c3cc(Br)ccc3O)C2C(=O)N1c1cc(C(F)(F)F)cc(C(F)(F)F)c1. The van der Waals surface area contributed by atoms with Crippen LogP contribution in [0.25, 0.3) is 0 Å². The fraction of sp³-hybridized carbons (Fsp3) is 0.379. The van der Waals surface area contributed by atoms with Crippen LogP contribution in [0, 0.1) is 17.8 Å². The summed E-state index contributed by atoms with van der Waals surface area (Å²) in [5.41, 5.74) is -4.33. The minimum absolute atomic E-state index is 0.0581. The van der Waals surface area contributed by atoms with Gasteiger partial charge in [-0.05, 0) is 55.2 Å². The number of phenols is 1. The topological polar surface area (TPSA) is 95.0 Å². The lowest BCUT2D eigenvalue weighted by molar-refractivity contribution is -0.143. The van der Waals surface area contributed by atoms with Crippen molar-refractivity contribution in [1.29, 1.82) is 0 Å².